The minimum atomic E-state index is -0.807. The molecule has 80 valence electrons. The monoisotopic (exact) mass is 197 g/mol. The van der Waals surface area contributed by atoms with E-state index in [9.17, 15) is 5.11 Å². The Morgan fingerprint density at radius 3 is 2.79 bits per heavy atom. The molecule has 0 spiro atoms. The summed E-state index contributed by atoms with van der Waals surface area (Å²) in [5, 5.41) is 10.0. The molecular weight excluding hydrogens is 178 g/mol. The summed E-state index contributed by atoms with van der Waals surface area (Å²) in [7, 11) is 0. The quantitative estimate of drug-likeness (QED) is 0.724. The molecule has 0 amide bonds. The molecule has 0 aliphatic heterocycles. The van der Waals surface area contributed by atoms with Gasteiger partial charge in [0, 0.05) is 31.9 Å². The Morgan fingerprint density at radius 1 is 1.57 bits per heavy atom. The van der Waals surface area contributed by atoms with Gasteiger partial charge in [-0.3, -0.25) is 0 Å². The van der Waals surface area contributed by atoms with Crippen LogP contribution in [0.15, 0.2) is 12.4 Å². The third-order valence-corrected chi connectivity index (χ3v) is 2.67. The largest absolute Gasteiger partial charge is 0.388 e. The van der Waals surface area contributed by atoms with Crippen molar-refractivity contribution in [1.29, 1.82) is 0 Å². The van der Waals surface area contributed by atoms with E-state index in [0.29, 0.717) is 12.8 Å². The summed E-state index contributed by atoms with van der Waals surface area (Å²) in [4.78, 5) is 4.22. The SMILES string of the molecule is CCn1ccnc1CC(O)(CC)CN. The Morgan fingerprint density at radius 2 is 2.29 bits per heavy atom. The molecule has 1 atom stereocenters. The van der Waals surface area contributed by atoms with E-state index >= 15 is 0 Å². The topological polar surface area (TPSA) is 64.1 Å². The lowest BCUT2D eigenvalue weighted by molar-refractivity contribution is 0.0428. The number of imidazole rings is 1. The second-order valence-electron chi connectivity index (χ2n) is 3.59. The van der Waals surface area contributed by atoms with Crippen LogP contribution in [0.3, 0.4) is 0 Å². The highest BCUT2D eigenvalue weighted by molar-refractivity contribution is 4.98. The minimum absolute atomic E-state index is 0.278. The molecule has 1 rings (SSSR count). The van der Waals surface area contributed by atoms with Crippen LogP contribution in [0.25, 0.3) is 0 Å². The molecule has 1 unspecified atom stereocenters. The van der Waals surface area contributed by atoms with E-state index in [1.807, 2.05) is 17.7 Å². The van der Waals surface area contributed by atoms with Gasteiger partial charge in [0.05, 0.1) is 5.60 Å². The van der Waals surface area contributed by atoms with Gasteiger partial charge in [0.2, 0.25) is 0 Å². The van der Waals surface area contributed by atoms with E-state index in [1.165, 1.54) is 0 Å². The lowest BCUT2D eigenvalue weighted by atomic mass is 9.96. The molecule has 0 aromatic carbocycles. The fourth-order valence-electron chi connectivity index (χ4n) is 1.43. The van der Waals surface area contributed by atoms with Gasteiger partial charge < -0.3 is 15.4 Å². The van der Waals surface area contributed by atoms with Gasteiger partial charge in [-0.2, -0.15) is 0 Å². The number of nitrogens with zero attached hydrogens (tertiary/aromatic N) is 2. The number of aromatic nitrogens is 2. The van der Waals surface area contributed by atoms with Gasteiger partial charge in [0.1, 0.15) is 5.82 Å². The van der Waals surface area contributed by atoms with Crippen LogP contribution in [0.4, 0.5) is 0 Å². The molecule has 14 heavy (non-hydrogen) atoms. The molecule has 1 heterocycles. The van der Waals surface area contributed by atoms with Crippen molar-refractivity contribution in [3.8, 4) is 0 Å². The van der Waals surface area contributed by atoms with Crippen LogP contribution in [0, 0.1) is 0 Å². The second-order valence-corrected chi connectivity index (χ2v) is 3.59. The zero-order valence-corrected chi connectivity index (χ0v) is 8.90. The Kier molecular flexibility index (Phi) is 3.66. The molecule has 1 aromatic heterocycles. The number of hydrogen-bond donors (Lipinski definition) is 2. The Balaban J connectivity index is 2.76. The lowest BCUT2D eigenvalue weighted by Crippen LogP contribution is -2.40. The highest BCUT2D eigenvalue weighted by Crippen LogP contribution is 2.14. The standard InChI is InChI=1S/C10H19N3O/c1-3-10(14,8-11)7-9-12-5-6-13(9)4-2/h5-6,14H,3-4,7-8,11H2,1-2H3. The molecule has 0 saturated carbocycles. The maximum atomic E-state index is 10.0. The number of hydrogen-bond acceptors (Lipinski definition) is 3. The fraction of sp³-hybridized carbons (Fsp3) is 0.700. The summed E-state index contributed by atoms with van der Waals surface area (Å²) >= 11 is 0. The maximum absolute atomic E-state index is 10.0. The van der Waals surface area contributed by atoms with Crippen molar-refractivity contribution in [2.75, 3.05) is 6.54 Å². The van der Waals surface area contributed by atoms with Crippen LogP contribution in [0.1, 0.15) is 26.1 Å². The molecule has 0 saturated heterocycles. The highest BCUT2D eigenvalue weighted by atomic mass is 16.3. The van der Waals surface area contributed by atoms with Crippen LogP contribution in [0.5, 0.6) is 0 Å². The van der Waals surface area contributed by atoms with Gasteiger partial charge in [-0.1, -0.05) is 6.92 Å². The van der Waals surface area contributed by atoms with Gasteiger partial charge in [0.15, 0.2) is 0 Å². The zero-order chi connectivity index (χ0) is 10.6. The molecule has 4 nitrogen and oxygen atoms in total. The molecule has 0 radical (unpaired) electrons. The Labute approximate surface area is 84.8 Å². The third-order valence-electron chi connectivity index (χ3n) is 2.67. The highest BCUT2D eigenvalue weighted by Gasteiger charge is 2.25. The Bertz CT molecular complexity index is 279. The van der Waals surface area contributed by atoms with Crippen molar-refractivity contribution in [3.63, 3.8) is 0 Å². The molecule has 0 aliphatic carbocycles. The number of aliphatic hydroxyl groups is 1. The Hall–Kier alpha value is -0.870. The van der Waals surface area contributed by atoms with Crippen molar-refractivity contribution in [2.45, 2.75) is 38.8 Å². The normalized spacial score (nSPS) is 15.4. The van der Waals surface area contributed by atoms with E-state index in [-0.39, 0.29) is 6.54 Å². The van der Waals surface area contributed by atoms with Crippen LogP contribution in [0.2, 0.25) is 0 Å². The van der Waals surface area contributed by atoms with Gasteiger partial charge in [-0.25, -0.2) is 4.98 Å². The summed E-state index contributed by atoms with van der Waals surface area (Å²) in [5.41, 5.74) is 4.73. The summed E-state index contributed by atoms with van der Waals surface area (Å²) in [6.45, 7) is 5.14. The summed E-state index contributed by atoms with van der Waals surface area (Å²) in [5.74, 6) is 0.905. The van der Waals surface area contributed by atoms with E-state index in [2.05, 4.69) is 11.9 Å². The van der Waals surface area contributed by atoms with Crippen LogP contribution in [-0.4, -0.2) is 26.8 Å². The number of aryl methyl sites for hydroxylation is 1. The molecule has 1 aromatic rings. The summed E-state index contributed by atoms with van der Waals surface area (Å²) in [6, 6.07) is 0. The molecular formula is C10H19N3O. The second kappa shape index (κ2) is 4.57. The third kappa shape index (κ3) is 2.33. The van der Waals surface area contributed by atoms with E-state index in [4.69, 9.17) is 5.73 Å². The molecule has 0 fully saturated rings. The average Bonchev–Trinajstić information content (AvgIpc) is 2.65. The molecule has 0 bridgehead atoms. The maximum Gasteiger partial charge on any atom is 0.111 e. The first-order valence-electron chi connectivity index (χ1n) is 5.07. The van der Waals surface area contributed by atoms with Crippen LogP contribution < -0.4 is 5.73 Å². The van der Waals surface area contributed by atoms with Crippen molar-refractivity contribution in [3.05, 3.63) is 18.2 Å². The van der Waals surface area contributed by atoms with Crippen LogP contribution >= 0.6 is 0 Å². The molecule has 0 aliphatic rings. The first-order chi connectivity index (χ1) is 6.65. The average molecular weight is 197 g/mol. The van der Waals surface area contributed by atoms with Gasteiger partial charge in [0.25, 0.3) is 0 Å². The lowest BCUT2D eigenvalue weighted by Gasteiger charge is -2.24. The molecule has 3 N–H and O–H groups in total. The number of rotatable bonds is 5. The summed E-state index contributed by atoms with van der Waals surface area (Å²) < 4.78 is 2.02. The summed E-state index contributed by atoms with van der Waals surface area (Å²) in [6.07, 6.45) is 4.86. The van der Waals surface area contributed by atoms with Gasteiger partial charge >= 0.3 is 0 Å². The predicted molar refractivity (Wildman–Crippen MR) is 55.9 cm³/mol. The van der Waals surface area contributed by atoms with Crippen molar-refractivity contribution < 1.29 is 5.11 Å². The van der Waals surface area contributed by atoms with E-state index in [1.54, 1.807) is 6.20 Å². The predicted octanol–water partition coefficient (Wildman–Crippen LogP) is 0.545. The minimum Gasteiger partial charge on any atom is -0.388 e. The molecule has 4 heteroatoms. The smallest absolute Gasteiger partial charge is 0.111 e. The fourth-order valence-corrected chi connectivity index (χ4v) is 1.43. The van der Waals surface area contributed by atoms with Crippen molar-refractivity contribution in [1.82, 2.24) is 9.55 Å². The van der Waals surface area contributed by atoms with Crippen molar-refractivity contribution in [2.24, 2.45) is 5.73 Å². The number of nitrogens with two attached hydrogens (primary N) is 1. The first-order valence-corrected chi connectivity index (χ1v) is 5.07. The van der Waals surface area contributed by atoms with Crippen LogP contribution in [-0.2, 0) is 13.0 Å². The van der Waals surface area contributed by atoms with E-state index < -0.39 is 5.60 Å². The van der Waals surface area contributed by atoms with Crippen molar-refractivity contribution >= 4 is 0 Å². The zero-order valence-electron chi connectivity index (χ0n) is 8.90. The van der Waals surface area contributed by atoms with E-state index in [0.717, 1.165) is 12.4 Å². The van der Waals surface area contributed by atoms with Gasteiger partial charge in [-0.05, 0) is 13.3 Å². The van der Waals surface area contributed by atoms with Gasteiger partial charge in [-0.15, -0.1) is 0 Å². The first kappa shape index (κ1) is 11.2.